The predicted molar refractivity (Wildman–Crippen MR) is 70.1 cm³/mol. The molecule has 18 heavy (non-hydrogen) atoms. The Morgan fingerprint density at radius 1 is 1.61 bits per heavy atom. The van der Waals surface area contributed by atoms with Crippen molar-refractivity contribution in [2.45, 2.75) is 39.8 Å². The molecule has 1 aromatic rings. The topological polar surface area (TPSA) is 93.2 Å². The Hall–Kier alpha value is -1.56. The highest BCUT2D eigenvalue weighted by Gasteiger charge is 2.19. The lowest BCUT2D eigenvalue weighted by atomic mass is 10.0. The molecule has 4 N–H and O–H groups in total. The zero-order valence-electron chi connectivity index (χ0n) is 11.2. The van der Waals surface area contributed by atoms with E-state index >= 15 is 0 Å². The number of nitrogens with zero attached hydrogens (tertiary/aromatic N) is 2. The summed E-state index contributed by atoms with van der Waals surface area (Å²) in [6, 6.07) is -0.253. The van der Waals surface area contributed by atoms with Gasteiger partial charge in [0.05, 0.1) is 24.5 Å². The van der Waals surface area contributed by atoms with Gasteiger partial charge in [0.25, 0.3) is 5.91 Å². The van der Waals surface area contributed by atoms with E-state index in [-0.39, 0.29) is 18.6 Å². The first-order valence-electron chi connectivity index (χ1n) is 6.22. The third-order valence-electron chi connectivity index (χ3n) is 2.69. The maximum atomic E-state index is 12.1. The number of aliphatic hydroxyl groups excluding tert-OH is 1. The minimum atomic E-state index is -0.286. The fourth-order valence-corrected chi connectivity index (χ4v) is 1.89. The van der Waals surface area contributed by atoms with Gasteiger partial charge in [0, 0.05) is 6.54 Å². The molecular formula is C12H22N4O2. The maximum absolute atomic E-state index is 12.1. The number of aromatic nitrogens is 2. The van der Waals surface area contributed by atoms with E-state index in [4.69, 9.17) is 5.73 Å². The van der Waals surface area contributed by atoms with Crippen molar-refractivity contribution in [2.75, 3.05) is 12.3 Å². The molecule has 0 saturated carbocycles. The van der Waals surface area contributed by atoms with Crippen LogP contribution in [0.1, 0.15) is 37.7 Å². The first kappa shape index (κ1) is 14.5. The number of aliphatic hydroxyl groups is 1. The van der Waals surface area contributed by atoms with E-state index in [1.807, 2.05) is 20.8 Å². The molecule has 1 rings (SSSR count). The van der Waals surface area contributed by atoms with Crippen LogP contribution in [0.15, 0.2) is 6.20 Å². The van der Waals surface area contributed by atoms with Crippen molar-refractivity contribution in [2.24, 2.45) is 5.92 Å². The largest absolute Gasteiger partial charge is 0.396 e. The van der Waals surface area contributed by atoms with Gasteiger partial charge < -0.3 is 16.2 Å². The third kappa shape index (κ3) is 3.46. The number of hydrogen-bond donors (Lipinski definition) is 3. The molecule has 0 fully saturated rings. The molecule has 0 bridgehead atoms. The van der Waals surface area contributed by atoms with Crippen LogP contribution in [0.4, 0.5) is 5.69 Å². The maximum Gasteiger partial charge on any atom is 0.271 e. The predicted octanol–water partition coefficient (Wildman–Crippen LogP) is 0.622. The van der Waals surface area contributed by atoms with Crippen LogP contribution in [-0.4, -0.2) is 33.4 Å². The van der Waals surface area contributed by atoms with Crippen molar-refractivity contribution >= 4 is 11.6 Å². The number of nitrogens with one attached hydrogen (secondary N) is 1. The Morgan fingerprint density at radius 3 is 2.78 bits per heavy atom. The van der Waals surface area contributed by atoms with Crippen LogP contribution < -0.4 is 11.1 Å². The first-order valence-corrected chi connectivity index (χ1v) is 6.22. The summed E-state index contributed by atoms with van der Waals surface area (Å²) in [5.41, 5.74) is 6.45. The SMILES string of the molecule is CCn1ncc(N)c1C(=O)NC(CO)CC(C)C. The van der Waals surface area contributed by atoms with Crippen molar-refractivity contribution in [1.82, 2.24) is 15.1 Å². The minimum Gasteiger partial charge on any atom is -0.396 e. The van der Waals surface area contributed by atoms with Crippen molar-refractivity contribution in [3.63, 3.8) is 0 Å². The number of rotatable bonds is 6. The van der Waals surface area contributed by atoms with Gasteiger partial charge in [-0.2, -0.15) is 5.10 Å². The van der Waals surface area contributed by atoms with E-state index in [9.17, 15) is 9.90 Å². The van der Waals surface area contributed by atoms with Crippen LogP contribution >= 0.6 is 0 Å². The molecule has 1 aromatic heterocycles. The lowest BCUT2D eigenvalue weighted by Gasteiger charge is -2.18. The first-order chi connectivity index (χ1) is 8.49. The average Bonchev–Trinajstić information content (AvgIpc) is 2.68. The van der Waals surface area contributed by atoms with Gasteiger partial charge in [-0.1, -0.05) is 13.8 Å². The molecule has 6 nitrogen and oxygen atoms in total. The summed E-state index contributed by atoms with van der Waals surface area (Å²) in [4.78, 5) is 12.1. The quantitative estimate of drug-likeness (QED) is 0.694. The van der Waals surface area contributed by atoms with Crippen LogP contribution in [0, 0.1) is 5.92 Å². The molecular weight excluding hydrogens is 232 g/mol. The lowest BCUT2D eigenvalue weighted by molar-refractivity contribution is 0.0898. The number of carbonyl (C=O) groups is 1. The molecule has 0 aliphatic heterocycles. The average molecular weight is 254 g/mol. The molecule has 0 spiro atoms. The second-order valence-corrected chi connectivity index (χ2v) is 4.75. The summed E-state index contributed by atoms with van der Waals surface area (Å²) in [7, 11) is 0. The Kier molecular flexibility index (Phi) is 5.15. The van der Waals surface area contributed by atoms with E-state index in [2.05, 4.69) is 10.4 Å². The summed E-state index contributed by atoms with van der Waals surface area (Å²) in [5.74, 6) is 0.113. The molecule has 6 heteroatoms. The third-order valence-corrected chi connectivity index (χ3v) is 2.69. The molecule has 1 atom stereocenters. The second-order valence-electron chi connectivity index (χ2n) is 4.75. The van der Waals surface area contributed by atoms with E-state index in [0.717, 1.165) is 6.42 Å². The molecule has 1 unspecified atom stereocenters. The van der Waals surface area contributed by atoms with Crippen molar-refractivity contribution < 1.29 is 9.90 Å². The Labute approximate surface area is 107 Å². The molecule has 0 radical (unpaired) electrons. The van der Waals surface area contributed by atoms with Crippen molar-refractivity contribution in [1.29, 1.82) is 0 Å². The normalized spacial score (nSPS) is 12.7. The number of anilines is 1. The summed E-state index contributed by atoms with van der Waals surface area (Å²) < 4.78 is 1.55. The van der Waals surface area contributed by atoms with Gasteiger partial charge in [-0.25, -0.2) is 0 Å². The number of carbonyl (C=O) groups excluding carboxylic acids is 1. The minimum absolute atomic E-state index is 0.0793. The summed E-state index contributed by atoms with van der Waals surface area (Å²) in [6.45, 7) is 6.47. The zero-order chi connectivity index (χ0) is 13.7. The Balaban J connectivity index is 2.77. The number of nitrogen functional groups attached to an aromatic ring is 1. The Bertz CT molecular complexity index is 401. The highest BCUT2D eigenvalue weighted by atomic mass is 16.3. The molecule has 0 aliphatic rings. The molecule has 0 aromatic carbocycles. The van der Waals surface area contributed by atoms with Gasteiger partial charge >= 0.3 is 0 Å². The number of aryl methyl sites for hydroxylation is 1. The molecule has 1 amide bonds. The van der Waals surface area contributed by atoms with E-state index < -0.39 is 0 Å². The zero-order valence-corrected chi connectivity index (χ0v) is 11.2. The smallest absolute Gasteiger partial charge is 0.271 e. The van der Waals surface area contributed by atoms with Crippen LogP contribution in [0.2, 0.25) is 0 Å². The van der Waals surface area contributed by atoms with Crippen LogP contribution in [0.3, 0.4) is 0 Å². The van der Waals surface area contributed by atoms with Gasteiger partial charge in [0.15, 0.2) is 0 Å². The van der Waals surface area contributed by atoms with Crippen molar-refractivity contribution in [3.8, 4) is 0 Å². The van der Waals surface area contributed by atoms with Crippen molar-refractivity contribution in [3.05, 3.63) is 11.9 Å². The molecule has 0 aliphatic carbocycles. The fraction of sp³-hybridized carbons (Fsp3) is 0.667. The van der Waals surface area contributed by atoms with Gasteiger partial charge in [-0.15, -0.1) is 0 Å². The number of hydrogen-bond acceptors (Lipinski definition) is 4. The molecule has 1 heterocycles. The van der Waals surface area contributed by atoms with Crippen LogP contribution in [0.25, 0.3) is 0 Å². The van der Waals surface area contributed by atoms with E-state index in [0.29, 0.717) is 23.8 Å². The molecule has 0 saturated heterocycles. The van der Waals surface area contributed by atoms with Crippen LogP contribution in [0.5, 0.6) is 0 Å². The van der Waals surface area contributed by atoms with Gasteiger partial charge in [0.2, 0.25) is 0 Å². The number of amides is 1. The summed E-state index contributed by atoms with van der Waals surface area (Å²) >= 11 is 0. The van der Waals surface area contributed by atoms with Gasteiger partial charge in [-0.3, -0.25) is 9.48 Å². The molecule has 102 valence electrons. The second kappa shape index (κ2) is 6.39. The van der Waals surface area contributed by atoms with E-state index in [1.165, 1.54) is 6.20 Å². The highest BCUT2D eigenvalue weighted by Crippen LogP contribution is 2.12. The lowest BCUT2D eigenvalue weighted by Crippen LogP contribution is -2.39. The van der Waals surface area contributed by atoms with Gasteiger partial charge in [-0.05, 0) is 19.3 Å². The fourth-order valence-electron chi connectivity index (χ4n) is 1.89. The summed E-state index contributed by atoms with van der Waals surface area (Å²) in [6.07, 6.45) is 2.19. The van der Waals surface area contributed by atoms with Crippen LogP contribution in [-0.2, 0) is 6.54 Å². The Morgan fingerprint density at radius 2 is 2.28 bits per heavy atom. The van der Waals surface area contributed by atoms with Gasteiger partial charge in [0.1, 0.15) is 5.69 Å². The monoisotopic (exact) mass is 254 g/mol. The number of nitrogens with two attached hydrogens (primary N) is 1. The van der Waals surface area contributed by atoms with E-state index in [1.54, 1.807) is 4.68 Å². The summed E-state index contributed by atoms with van der Waals surface area (Å²) in [5, 5.41) is 16.1. The standard InChI is InChI=1S/C12H22N4O2/c1-4-16-11(10(13)6-14-16)12(18)15-9(7-17)5-8(2)3/h6,8-9,17H,4-5,7,13H2,1-3H3,(H,15,18). The highest BCUT2D eigenvalue weighted by molar-refractivity contribution is 5.97.